The molecule has 0 aliphatic carbocycles. The van der Waals surface area contributed by atoms with Crippen molar-refractivity contribution < 1.29 is 19.4 Å². The van der Waals surface area contributed by atoms with Gasteiger partial charge in [-0.25, -0.2) is 0 Å². The Balaban J connectivity index is 2.25. The molecule has 0 radical (unpaired) electrons. The minimum absolute atomic E-state index is 0.0365. The third-order valence-electron chi connectivity index (χ3n) is 3.91. The molecule has 128 valence electrons. The summed E-state index contributed by atoms with van der Waals surface area (Å²) in [5, 5.41) is 9.49. The highest BCUT2D eigenvalue weighted by Gasteiger charge is 2.28. The van der Waals surface area contributed by atoms with E-state index in [0.29, 0.717) is 24.7 Å². The molecule has 1 aliphatic rings. The monoisotopic (exact) mass is 321 g/mol. The van der Waals surface area contributed by atoms with Crippen LogP contribution in [0.25, 0.3) is 0 Å². The number of anilines is 1. The Labute approximate surface area is 138 Å². The highest BCUT2D eigenvalue weighted by Crippen LogP contribution is 2.42. The topological polar surface area (TPSA) is 59.0 Å². The summed E-state index contributed by atoms with van der Waals surface area (Å²) in [7, 11) is 0. The Kier molecular flexibility index (Phi) is 6.71. The van der Waals surface area contributed by atoms with Crippen LogP contribution in [0.5, 0.6) is 11.5 Å². The molecule has 1 aliphatic heterocycles. The summed E-state index contributed by atoms with van der Waals surface area (Å²) in [6, 6.07) is 3.62. The van der Waals surface area contributed by atoms with Crippen LogP contribution in [0, 0.1) is 0 Å². The predicted molar refractivity (Wildman–Crippen MR) is 90.1 cm³/mol. The van der Waals surface area contributed by atoms with Crippen LogP contribution in [0.3, 0.4) is 0 Å². The van der Waals surface area contributed by atoms with E-state index in [1.807, 2.05) is 13.0 Å². The van der Waals surface area contributed by atoms with E-state index in [1.165, 1.54) is 6.42 Å². The molecule has 23 heavy (non-hydrogen) atoms. The average molecular weight is 321 g/mol. The van der Waals surface area contributed by atoms with Crippen molar-refractivity contribution in [3.8, 4) is 11.5 Å². The number of aliphatic hydroxyl groups is 1. The molecule has 1 N–H and O–H groups in total. The lowest BCUT2D eigenvalue weighted by molar-refractivity contribution is -0.121. The molecule has 0 aromatic heterocycles. The minimum atomic E-state index is -0.0897. The van der Waals surface area contributed by atoms with Crippen molar-refractivity contribution in [2.75, 3.05) is 24.7 Å². The van der Waals surface area contributed by atoms with E-state index >= 15 is 0 Å². The first-order valence-electron chi connectivity index (χ1n) is 8.55. The zero-order chi connectivity index (χ0) is 16.7. The zero-order valence-corrected chi connectivity index (χ0v) is 14.1. The maximum absolute atomic E-state index is 12.2. The van der Waals surface area contributed by atoms with Crippen LogP contribution in [0.4, 0.5) is 5.69 Å². The number of hydrogen-bond acceptors (Lipinski definition) is 4. The lowest BCUT2D eigenvalue weighted by Crippen LogP contribution is -2.39. The van der Waals surface area contributed by atoms with Crippen molar-refractivity contribution in [1.82, 2.24) is 0 Å². The van der Waals surface area contributed by atoms with E-state index in [-0.39, 0.29) is 19.1 Å². The molecule has 0 fully saturated rings. The Hall–Kier alpha value is -1.75. The highest BCUT2D eigenvalue weighted by atomic mass is 16.5. The molecule has 0 unspecified atom stereocenters. The van der Waals surface area contributed by atoms with Crippen LogP contribution in [0.15, 0.2) is 12.1 Å². The van der Waals surface area contributed by atoms with E-state index in [4.69, 9.17) is 9.47 Å². The van der Waals surface area contributed by atoms with Gasteiger partial charge in [-0.1, -0.05) is 33.1 Å². The Morgan fingerprint density at radius 2 is 2.04 bits per heavy atom. The standard InChI is InChI=1S/C18H27NO4/c1-3-5-6-7-8-19-15-10-14(12-20)11-16(22-9-4-2)18(15)23-13-17(19)21/h10-11,20H,3-9,12-13H2,1-2H3. The molecule has 2 rings (SSSR count). The molecule has 0 spiro atoms. The molecule has 1 amide bonds. The zero-order valence-electron chi connectivity index (χ0n) is 14.1. The van der Waals surface area contributed by atoms with Gasteiger partial charge in [0.1, 0.15) is 0 Å². The van der Waals surface area contributed by atoms with Crippen molar-refractivity contribution in [2.24, 2.45) is 0 Å². The number of hydrogen-bond donors (Lipinski definition) is 1. The third kappa shape index (κ3) is 4.38. The van der Waals surface area contributed by atoms with Gasteiger partial charge in [-0.05, 0) is 30.5 Å². The van der Waals surface area contributed by atoms with Gasteiger partial charge in [-0.3, -0.25) is 4.79 Å². The Bertz CT molecular complexity index is 530. The first-order chi connectivity index (χ1) is 11.2. The van der Waals surface area contributed by atoms with Crippen molar-refractivity contribution in [3.63, 3.8) is 0 Å². The first kappa shape index (κ1) is 17.6. The Morgan fingerprint density at radius 1 is 1.22 bits per heavy atom. The smallest absolute Gasteiger partial charge is 0.265 e. The summed E-state index contributed by atoms with van der Waals surface area (Å²) < 4.78 is 11.4. The molecule has 1 heterocycles. The number of benzene rings is 1. The summed E-state index contributed by atoms with van der Waals surface area (Å²) >= 11 is 0. The molecule has 0 saturated carbocycles. The molecular formula is C18H27NO4. The number of nitrogens with zero attached hydrogens (tertiary/aromatic N) is 1. The van der Waals surface area contributed by atoms with Gasteiger partial charge in [-0.15, -0.1) is 0 Å². The second-order valence-corrected chi connectivity index (χ2v) is 5.84. The quantitative estimate of drug-likeness (QED) is 0.709. The SMILES string of the molecule is CCCCCCN1C(=O)COc2c(OCCC)cc(CO)cc21. The fraction of sp³-hybridized carbons (Fsp3) is 0.611. The van der Waals surface area contributed by atoms with E-state index in [9.17, 15) is 9.90 Å². The molecule has 1 aromatic rings. The second kappa shape index (κ2) is 8.77. The average Bonchev–Trinajstić information content (AvgIpc) is 2.57. The van der Waals surface area contributed by atoms with Crippen LogP contribution >= 0.6 is 0 Å². The molecule has 5 heteroatoms. The van der Waals surface area contributed by atoms with Crippen LogP contribution in [-0.2, 0) is 11.4 Å². The van der Waals surface area contributed by atoms with Gasteiger partial charge in [0, 0.05) is 6.54 Å². The van der Waals surface area contributed by atoms with Crippen LogP contribution in [0.1, 0.15) is 51.5 Å². The number of aliphatic hydroxyl groups excluding tert-OH is 1. The van der Waals surface area contributed by atoms with E-state index in [1.54, 1.807) is 11.0 Å². The maximum Gasteiger partial charge on any atom is 0.265 e. The first-order valence-corrected chi connectivity index (χ1v) is 8.55. The van der Waals surface area contributed by atoms with Crippen LogP contribution in [-0.4, -0.2) is 30.8 Å². The van der Waals surface area contributed by atoms with Crippen molar-refractivity contribution in [1.29, 1.82) is 0 Å². The Morgan fingerprint density at radius 3 is 2.74 bits per heavy atom. The summed E-state index contributed by atoms with van der Waals surface area (Å²) in [6.45, 7) is 5.41. The van der Waals surface area contributed by atoms with Crippen molar-refractivity contribution >= 4 is 11.6 Å². The van der Waals surface area contributed by atoms with Gasteiger partial charge in [0.2, 0.25) is 0 Å². The fourth-order valence-corrected chi connectivity index (χ4v) is 2.69. The van der Waals surface area contributed by atoms with Crippen molar-refractivity contribution in [3.05, 3.63) is 17.7 Å². The predicted octanol–water partition coefficient (Wildman–Crippen LogP) is 3.27. The van der Waals surface area contributed by atoms with Gasteiger partial charge in [0.25, 0.3) is 5.91 Å². The molecule has 1 aromatic carbocycles. The summed E-state index contributed by atoms with van der Waals surface area (Å²) in [5.74, 6) is 1.19. The van der Waals surface area contributed by atoms with Gasteiger partial charge in [0.05, 0.1) is 18.9 Å². The number of amides is 1. The van der Waals surface area contributed by atoms with E-state index in [2.05, 4.69) is 6.92 Å². The number of carbonyl (C=O) groups is 1. The maximum atomic E-state index is 12.2. The largest absolute Gasteiger partial charge is 0.490 e. The van der Waals surface area contributed by atoms with Gasteiger partial charge < -0.3 is 19.5 Å². The number of carbonyl (C=O) groups excluding carboxylic acids is 1. The third-order valence-corrected chi connectivity index (χ3v) is 3.91. The van der Waals surface area contributed by atoms with Crippen LogP contribution < -0.4 is 14.4 Å². The second-order valence-electron chi connectivity index (χ2n) is 5.84. The molecule has 0 atom stereocenters. The fourth-order valence-electron chi connectivity index (χ4n) is 2.69. The molecule has 0 saturated heterocycles. The molecular weight excluding hydrogens is 294 g/mol. The molecule has 0 bridgehead atoms. The summed E-state index contributed by atoms with van der Waals surface area (Å²) in [5.41, 5.74) is 1.45. The number of unbranched alkanes of at least 4 members (excludes halogenated alkanes) is 3. The van der Waals surface area contributed by atoms with Gasteiger partial charge in [-0.2, -0.15) is 0 Å². The number of fused-ring (bicyclic) bond motifs is 1. The van der Waals surface area contributed by atoms with Gasteiger partial charge >= 0.3 is 0 Å². The lowest BCUT2D eigenvalue weighted by Gasteiger charge is -2.31. The van der Waals surface area contributed by atoms with Crippen LogP contribution in [0.2, 0.25) is 0 Å². The summed E-state index contributed by atoms with van der Waals surface area (Å²) in [6.07, 6.45) is 5.30. The molecule has 5 nitrogen and oxygen atoms in total. The normalized spacial score (nSPS) is 13.7. The lowest BCUT2D eigenvalue weighted by atomic mass is 10.1. The minimum Gasteiger partial charge on any atom is -0.490 e. The van der Waals surface area contributed by atoms with Gasteiger partial charge in [0.15, 0.2) is 18.1 Å². The van der Waals surface area contributed by atoms with E-state index < -0.39 is 0 Å². The number of ether oxygens (including phenoxy) is 2. The number of rotatable bonds is 9. The highest BCUT2D eigenvalue weighted by molar-refractivity contribution is 5.98. The van der Waals surface area contributed by atoms with Crippen molar-refractivity contribution in [2.45, 2.75) is 52.6 Å². The summed E-state index contributed by atoms with van der Waals surface area (Å²) in [4.78, 5) is 14.0. The van der Waals surface area contributed by atoms with E-state index in [0.717, 1.165) is 36.9 Å².